The van der Waals surface area contributed by atoms with Crippen molar-refractivity contribution in [1.29, 1.82) is 0 Å². The van der Waals surface area contributed by atoms with Crippen LogP contribution in [-0.4, -0.2) is 54.2 Å². The van der Waals surface area contributed by atoms with Gasteiger partial charge in [-0.25, -0.2) is 4.79 Å². The van der Waals surface area contributed by atoms with E-state index in [1.54, 1.807) is 6.92 Å². The van der Waals surface area contributed by atoms with E-state index in [0.29, 0.717) is 5.56 Å². The minimum atomic E-state index is -0.630. The first-order chi connectivity index (χ1) is 14.1. The molecule has 2 N–H and O–H groups in total. The Bertz CT molecular complexity index is 986. The molecule has 160 valence electrons. The van der Waals surface area contributed by atoms with Gasteiger partial charge in [0, 0.05) is 25.4 Å². The van der Waals surface area contributed by atoms with E-state index in [4.69, 9.17) is 4.74 Å². The first-order valence-electron chi connectivity index (χ1n) is 9.47. The van der Waals surface area contributed by atoms with E-state index in [9.17, 15) is 19.2 Å². The molecule has 0 saturated heterocycles. The van der Waals surface area contributed by atoms with Crippen LogP contribution >= 0.6 is 0 Å². The zero-order valence-electron chi connectivity index (χ0n) is 18.1. The number of hydrogen-bond acceptors (Lipinski definition) is 5. The minimum Gasteiger partial charge on any atom is -0.465 e. The first kappa shape index (κ1) is 22.9. The number of methoxy groups -OCH3 is 1. The zero-order chi connectivity index (χ0) is 22.6. The van der Waals surface area contributed by atoms with Gasteiger partial charge in [-0.05, 0) is 37.5 Å². The summed E-state index contributed by atoms with van der Waals surface area (Å²) in [5, 5.41) is 2.84. The molecule has 2 amide bonds. The van der Waals surface area contributed by atoms with Crippen molar-refractivity contribution in [3.05, 3.63) is 51.8 Å². The monoisotopic (exact) mass is 413 g/mol. The van der Waals surface area contributed by atoms with Crippen LogP contribution in [0.5, 0.6) is 0 Å². The number of aromatic nitrogens is 1. The third kappa shape index (κ3) is 4.94. The maximum absolute atomic E-state index is 12.7. The number of para-hydroxylation sites is 1. The number of ether oxygens (including phenoxy) is 1. The van der Waals surface area contributed by atoms with Crippen LogP contribution in [0.15, 0.2) is 18.2 Å². The van der Waals surface area contributed by atoms with E-state index in [1.165, 1.54) is 26.0 Å². The van der Waals surface area contributed by atoms with Gasteiger partial charge in [0.15, 0.2) is 5.78 Å². The molecule has 0 aliphatic carbocycles. The molecule has 1 aromatic heterocycles. The normalized spacial score (nSPS) is 10.5. The fraction of sp³-hybridized carbons (Fsp3) is 0.364. The van der Waals surface area contributed by atoms with Crippen molar-refractivity contribution in [2.75, 3.05) is 26.0 Å². The number of rotatable bonds is 7. The lowest BCUT2D eigenvalue weighted by Gasteiger charge is -2.18. The third-order valence-corrected chi connectivity index (χ3v) is 4.95. The van der Waals surface area contributed by atoms with Gasteiger partial charge in [-0.1, -0.05) is 18.2 Å². The number of anilines is 1. The summed E-state index contributed by atoms with van der Waals surface area (Å²) in [6.45, 7) is 6.63. The van der Waals surface area contributed by atoms with Gasteiger partial charge in [-0.2, -0.15) is 0 Å². The number of ketones is 1. The molecule has 0 aliphatic heterocycles. The topological polar surface area (TPSA) is 109 Å². The van der Waals surface area contributed by atoms with Gasteiger partial charge < -0.3 is 19.9 Å². The van der Waals surface area contributed by atoms with Crippen molar-refractivity contribution in [2.24, 2.45) is 0 Å². The standard InChI is InChI=1S/C22H27N3O5/c1-12-8-7-9-13(2)20(12)24-17(27)11-25(5)18(28)10-16-19(22(29)30-6)14(3)21(23-16)15(4)26/h7-9,23H,10-11H2,1-6H3,(H,24,27). The Morgan fingerprint density at radius 1 is 1.10 bits per heavy atom. The number of hydrogen-bond donors (Lipinski definition) is 2. The third-order valence-electron chi connectivity index (χ3n) is 4.95. The fourth-order valence-electron chi connectivity index (χ4n) is 3.30. The molecule has 0 saturated carbocycles. The van der Waals surface area contributed by atoms with Crippen LogP contribution in [0.4, 0.5) is 5.69 Å². The maximum atomic E-state index is 12.7. The number of amides is 2. The van der Waals surface area contributed by atoms with Crippen molar-refractivity contribution in [2.45, 2.75) is 34.1 Å². The van der Waals surface area contributed by atoms with Crippen molar-refractivity contribution < 1.29 is 23.9 Å². The number of aromatic amines is 1. The van der Waals surface area contributed by atoms with Crippen LogP contribution < -0.4 is 5.32 Å². The molecule has 0 atom stereocenters. The number of benzene rings is 1. The first-order valence-corrected chi connectivity index (χ1v) is 9.47. The summed E-state index contributed by atoms with van der Waals surface area (Å²) in [6, 6.07) is 5.69. The van der Waals surface area contributed by atoms with Gasteiger partial charge in [0.2, 0.25) is 11.8 Å². The van der Waals surface area contributed by atoms with Crippen molar-refractivity contribution in [3.63, 3.8) is 0 Å². The second kappa shape index (κ2) is 9.39. The van der Waals surface area contributed by atoms with Gasteiger partial charge in [-0.3, -0.25) is 14.4 Å². The number of esters is 1. The SMILES string of the molecule is COC(=O)c1c(CC(=O)N(C)CC(=O)Nc2c(C)cccc2C)[nH]c(C(C)=O)c1C. The van der Waals surface area contributed by atoms with Gasteiger partial charge in [-0.15, -0.1) is 0 Å². The molecule has 0 unspecified atom stereocenters. The second-order valence-electron chi connectivity index (χ2n) is 7.27. The number of Topliss-reactive ketones (excluding diaryl/α,β-unsaturated/α-hetero) is 1. The quantitative estimate of drug-likeness (QED) is 0.536. The van der Waals surface area contributed by atoms with Crippen molar-refractivity contribution >= 4 is 29.3 Å². The molecular weight excluding hydrogens is 386 g/mol. The van der Waals surface area contributed by atoms with E-state index in [2.05, 4.69) is 10.3 Å². The number of nitrogens with one attached hydrogen (secondary N) is 2. The molecule has 0 radical (unpaired) electrons. The number of aryl methyl sites for hydroxylation is 2. The number of H-pyrrole nitrogens is 1. The van der Waals surface area contributed by atoms with E-state index in [1.807, 2.05) is 32.0 Å². The average Bonchev–Trinajstić information content (AvgIpc) is 3.00. The van der Waals surface area contributed by atoms with Crippen LogP contribution in [-0.2, 0) is 20.7 Å². The van der Waals surface area contributed by atoms with Crippen LogP contribution in [0, 0.1) is 20.8 Å². The van der Waals surface area contributed by atoms with Gasteiger partial charge in [0.1, 0.15) is 0 Å². The highest BCUT2D eigenvalue weighted by molar-refractivity contribution is 6.01. The molecular formula is C22H27N3O5. The number of carbonyl (C=O) groups is 4. The Kier molecular flexibility index (Phi) is 7.15. The Morgan fingerprint density at radius 2 is 1.70 bits per heavy atom. The summed E-state index contributed by atoms with van der Waals surface area (Å²) in [5.41, 5.74) is 3.74. The lowest BCUT2D eigenvalue weighted by molar-refractivity contribution is -0.132. The predicted molar refractivity (Wildman–Crippen MR) is 113 cm³/mol. The second-order valence-corrected chi connectivity index (χ2v) is 7.27. The van der Waals surface area contributed by atoms with Crippen LogP contribution in [0.1, 0.15) is 50.2 Å². The summed E-state index contributed by atoms with van der Waals surface area (Å²) in [5.74, 6) is -1.59. The molecule has 2 aromatic rings. The number of likely N-dealkylation sites (N-methyl/N-ethyl adjacent to an activating group) is 1. The predicted octanol–water partition coefficient (Wildman–Crippen LogP) is 2.57. The zero-order valence-corrected chi connectivity index (χ0v) is 18.1. The van der Waals surface area contributed by atoms with E-state index in [-0.39, 0.29) is 47.5 Å². The van der Waals surface area contributed by atoms with Crippen LogP contribution in [0.3, 0.4) is 0 Å². The Morgan fingerprint density at radius 3 is 2.23 bits per heavy atom. The molecule has 8 heteroatoms. The molecule has 0 bridgehead atoms. The minimum absolute atomic E-state index is 0.153. The highest BCUT2D eigenvalue weighted by Gasteiger charge is 2.25. The largest absolute Gasteiger partial charge is 0.465 e. The smallest absolute Gasteiger partial charge is 0.339 e. The summed E-state index contributed by atoms with van der Waals surface area (Å²) >= 11 is 0. The van der Waals surface area contributed by atoms with Crippen LogP contribution in [0.2, 0.25) is 0 Å². The molecule has 8 nitrogen and oxygen atoms in total. The van der Waals surface area contributed by atoms with E-state index in [0.717, 1.165) is 16.8 Å². The Labute approximate surface area is 175 Å². The Hall–Kier alpha value is -3.42. The molecule has 30 heavy (non-hydrogen) atoms. The molecule has 1 heterocycles. The number of carbonyl (C=O) groups excluding carboxylic acids is 4. The van der Waals surface area contributed by atoms with Crippen LogP contribution in [0.25, 0.3) is 0 Å². The lowest BCUT2D eigenvalue weighted by Crippen LogP contribution is -2.36. The summed E-state index contributed by atoms with van der Waals surface area (Å²) in [7, 11) is 2.74. The van der Waals surface area contributed by atoms with Gasteiger partial charge >= 0.3 is 5.97 Å². The molecule has 0 aliphatic rings. The molecule has 2 rings (SSSR count). The van der Waals surface area contributed by atoms with Gasteiger partial charge in [0.25, 0.3) is 0 Å². The fourth-order valence-corrected chi connectivity index (χ4v) is 3.30. The highest BCUT2D eigenvalue weighted by Crippen LogP contribution is 2.22. The summed E-state index contributed by atoms with van der Waals surface area (Å²) in [6.07, 6.45) is -0.175. The van der Waals surface area contributed by atoms with Crippen molar-refractivity contribution in [3.8, 4) is 0 Å². The lowest BCUT2D eigenvalue weighted by atomic mass is 10.1. The molecule has 0 spiro atoms. The van der Waals surface area contributed by atoms with E-state index < -0.39 is 5.97 Å². The Balaban J connectivity index is 2.14. The molecule has 1 aromatic carbocycles. The van der Waals surface area contributed by atoms with Crippen molar-refractivity contribution in [1.82, 2.24) is 9.88 Å². The summed E-state index contributed by atoms with van der Waals surface area (Å²) in [4.78, 5) is 53.2. The highest BCUT2D eigenvalue weighted by atomic mass is 16.5. The number of nitrogens with zero attached hydrogens (tertiary/aromatic N) is 1. The van der Waals surface area contributed by atoms with Gasteiger partial charge in [0.05, 0.1) is 31.3 Å². The maximum Gasteiger partial charge on any atom is 0.339 e. The van der Waals surface area contributed by atoms with E-state index >= 15 is 0 Å². The summed E-state index contributed by atoms with van der Waals surface area (Å²) < 4.78 is 4.79. The average molecular weight is 413 g/mol. The molecule has 0 fully saturated rings.